The summed E-state index contributed by atoms with van der Waals surface area (Å²) in [4.78, 5) is 16.1. The minimum atomic E-state index is 0.111. The number of aliphatic imine (C=N–C) groups is 1. The van der Waals surface area contributed by atoms with Gasteiger partial charge in [-0.15, -0.1) is 0 Å². The maximum Gasteiger partial charge on any atom is 0.221 e. The highest BCUT2D eigenvalue weighted by molar-refractivity contribution is 5.81. The van der Waals surface area contributed by atoms with Crippen LogP contribution in [0.3, 0.4) is 0 Å². The van der Waals surface area contributed by atoms with E-state index in [0.717, 1.165) is 24.2 Å². The Morgan fingerprint density at radius 3 is 2.54 bits per heavy atom. The first-order chi connectivity index (χ1) is 11.7. The molecule has 1 saturated carbocycles. The van der Waals surface area contributed by atoms with Crippen LogP contribution in [0.15, 0.2) is 29.3 Å². The van der Waals surface area contributed by atoms with Crippen molar-refractivity contribution in [3.8, 4) is 5.75 Å². The fourth-order valence-electron chi connectivity index (χ4n) is 2.81. The van der Waals surface area contributed by atoms with Gasteiger partial charge < -0.3 is 20.7 Å². The Bertz CT molecular complexity index is 536. The lowest BCUT2D eigenvalue weighted by Crippen LogP contribution is -2.40. The van der Waals surface area contributed by atoms with Crippen LogP contribution in [0.4, 0.5) is 0 Å². The zero-order valence-corrected chi connectivity index (χ0v) is 14.6. The van der Waals surface area contributed by atoms with E-state index in [1.807, 2.05) is 24.3 Å². The van der Waals surface area contributed by atoms with Crippen molar-refractivity contribution in [2.45, 2.75) is 44.7 Å². The summed E-state index contributed by atoms with van der Waals surface area (Å²) >= 11 is 0. The lowest BCUT2D eigenvalue weighted by atomic mass is 10.2. The Kier molecular flexibility index (Phi) is 7.39. The molecule has 1 amide bonds. The largest absolute Gasteiger partial charge is 0.497 e. The van der Waals surface area contributed by atoms with Gasteiger partial charge in [0.05, 0.1) is 7.11 Å². The van der Waals surface area contributed by atoms with Gasteiger partial charge in [0.25, 0.3) is 0 Å². The molecule has 132 valence electrons. The zero-order chi connectivity index (χ0) is 17.2. The maximum atomic E-state index is 11.9. The first-order valence-electron chi connectivity index (χ1n) is 8.58. The highest BCUT2D eigenvalue weighted by atomic mass is 16.5. The Labute approximate surface area is 144 Å². The molecule has 1 fully saturated rings. The van der Waals surface area contributed by atoms with Gasteiger partial charge in [-0.05, 0) is 30.5 Å². The minimum Gasteiger partial charge on any atom is -0.497 e. The van der Waals surface area contributed by atoms with Gasteiger partial charge in [-0.2, -0.15) is 0 Å². The van der Waals surface area contributed by atoms with Crippen LogP contribution >= 0.6 is 0 Å². The fraction of sp³-hybridized carbons (Fsp3) is 0.556. The molecule has 3 N–H and O–H groups in total. The van der Waals surface area contributed by atoms with Gasteiger partial charge >= 0.3 is 0 Å². The summed E-state index contributed by atoms with van der Waals surface area (Å²) in [5.74, 6) is 1.65. The third kappa shape index (κ3) is 6.10. The summed E-state index contributed by atoms with van der Waals surface area (Å²) in [5, 5.41) is 9.50. The molecule has 0 aromatic heterocycles. The number of hydrogen-bond acceptors (Lipinski definition) is 3. The average molecular weight is 332 g/mol. The highest BCUT2D eigenvalue weighted by Crippen LogP contribution is 2.17. The van der Waals surface area contributed by atoms with Gasteiger partial charge in [0.1, 0.15) is 5.75 Å². The molecule has 6 nitrogen and oxygen atoms in total. The molecule has 2 rings (SSSR count). The van der Waals surface area contributed by atoms with E-state index in [1.165, 1.54) is 12.8 Å². The van der Waals surface area contributed by atoms with Gasteiger partial charge in [-0.25, -0.2) is 0 Å². The number of amides is 1. The quantitative estimate of drug-likeness (QED) is 0.526. The van der Waals surface area contributed by atoms with E-state index < -0.39 is 0 Å². The monoisotopic (exact) mass is 332 g/mol. The number of nitrogens with one attached hydrogen (secondary N) is 3. The van der Waals surface area contributed by atoms with E-state index in [2.05, 4.69) is 20.9 Å². The third-order valence-electron chi connectivity index (χ3n) is 4.21. The summed E-state index contributed by atoms with van der Waals surface area (Å²) in [6.45, 7) is 1.23. The van der Waals surface area contributed by atoms with Crippen LogP contribution in [0.2, 0.25) is 0 Å². The summed E-state index contributed by atoms with van der Waals surface area (Å²) in [6.07, 6.45) is 5.14. The predicted molar refractivity (Wildman–Crippen MR) is 96.2 cm³/mol. The molecule has 0 atom stereocenters. The average Bonchev–Trinajstić information content (AvgIpc) is 3.11. The van der Waals surface area contributed by atoms with Gasteiger partial charge in [0.2, 0.25) is 5.91 Å². The molecule has 1 aliphatic rings. The number of carbonyl (C=O) groups is 1. The summed E-state index contributed by atoms with van der Waals surface area (Å²) in [5.41, 5.74) is 1.14. The molecule has 6 heteroatoms. The number of methoxy groups -OCH3 is 1. The number of ether oxygens (including phenoxy) is 1. The molecular weight excluding hydrogens is 304 g/mol. The van der Waals surface area contributed by atoms with E-state index in [9.17, 15) is 4.79 Å². The summed E-state index contributed by atoms with van der Waals surface area (Å²) < 4.78 is 5.14. The van der Waals surface area contributed by atoms with E-state index in [-0.39, 0.29) is 5.91 Å². The first kappa shape index (κ1) is 18.1. The van der Waals surface area contributed by atoms with Crippen LogP contribution in [-0.4, -0.2) is 38.6 Å². The normalized spacial score (nSPS) is 15.2. The number of rotatable bonds is 7. The van der Waals surface area contributed by atoms with Crippen molar-refractivity contribution in [1.82, 2.24) is 16.0 Å². The first-order valence-corrected chi connectivity index (χ1v) is 8.58. The van der Waals surface area contributed by atoms with E-state index in [1.54, 1.807) is 14.2 Å². The predicted octanol–water partition coefficient (Wildman–Crippen LogP) is 1.81. The fourth-order valence-corrected chi connectivity index (χ4v) is 2.81. The lowest BCUT2D eigenvalue weighted by Gasteiger charge is -2.14. The smallest absolute Gasteiger partial charge is 0.221 e. The van der Waals surface area contributed by atoms with Crippen molar-refractivity contribution >= 4 is 11.9 Å². The van der Waals surface area contributed by atoms with Crippen molar-refractivity contribution < 1.29 is 9.53 Å². The lowest BCUT2D eigenvalue weighted by molar-refractivity contribution is -0.121. The molecular formula is C18H28N4O2. The molecule has 0 spiro atoms. The van der Waals surface area contributed by atoms with Crippen LogP contribution in [0.5, 0.6) is 5.75 Å². The standard InChI is InChI=1S/C18H28N4O2/c1-19-18(21-13-14-7-9-16(24-2)10-8-14)20-12-11-17(23)22-15-5-3-4-6-15/h7-10,15H,3-6,11-13H2,1-2H3,(H,22,23)(H2,19,20,21). The summed E-state index contributed by atoms with van der Waals surface area (Å²) in [7, 11) is 3.38. The Balaban J connectivity index is 1.65. The van der Waals surface area contributed by atoms with Crippen molar-refractivity contribution in [3.05, 3.63) is 29.8 Å². The van der Waals surface area contributed by atoms with Crippen LogP contribution in [0.25, 0.3) is 0 Å². The Hall–Kier alpha value is -2.24. The second-order valence-electron chi connectivity index (χ2n) is 6.00. The molecule has 0 radical (unpaired) electrons. The topological polar surface area (TPSA) is 74.8 Å². The number of benzene rings is 1. The number of guanidine groups is 1. The van der Waals surface area contributed by atoms with E-state index in [0.29, 0.717) is 31.5 Å². The second-order valence-corrected chi connectivity index (χ2v) is 6.00. The van der Waals surface area contributed by atoms with Crippen LogP contribution in [-0.2, 0) is 11.3 Å². The molecule has 0 bridgehead atoms. The molecule has 1 aromatic rings. The minimum absolute atomic E-state index is 0.111. The zero-order valence-electron chi connectivity index (χ0n) is 14.6. The van der Waals surface area contributed by atoms with Crippen molar-refractivity contribution in [2.75, 3.05) is 20.7 Å². The van der Waals surface area contributed by atoms with Crippen LogP contribution in [0.1, 0.15) is 37.7 Å². The molecule has 0 heterocycles. The Morgan fingerprint density at radius 2 is 1.92 bits per heavy atom. The van der Waals surface area contributed by atoms with Gasteiger partial charge in [-0.1, -0.05) is 25.0 Å². The van der Waals surface area contributed by atoms with E-state index >= 15 is 0 Å². The molecule has 24 heavy (non-hydrogen) atoms. The van der Waals surface area contributed by atoms with Gasteiger partial charge in [-0.3, -0.25) is 9.79 Å². The van der Waals surface area contributed by atoms with Crippen molar-refractivity contribution in [1.29, 1.82) is 0 Å². The van der Waals surface area contributed by atoms with E-state index in [4.69, 9.17) is 4.74 Å². The third-order valence-corrected chi connectivity index (χ3v) is 4.21. The van der Waals surface area contributed by atoms with Crippen molar-refractivity contribution in [3.63, 3.8) is 0 Å². The summed E-state index contributed by atoms with van der Waals surface area (Å²) in [6, 6.07) is 8.26. The molecule has 0 aliphatic heterocycles. The second kappa shape index (κ2) is 9.80. The number of carbonyl (C=O) groups excluding carboxylic acids is 1. The number of hydrogen-bond donors (Lipinski definition) is 3. The van der Waals surface area contributed by atoms with Crippen molar-refractivity contribution in [2.24, 2.45) is 4.99 Å². The number of nitrogens with zero attached hydrogens (tertiary/aromatic N) is 1. The van der Waals surface area contributed by atoms with Crippen LogP contribution < -0.4 is 20.7 Å². The Morgan fingerprint density at radius 1 is 1.21 bits per heavy atom. The van der Waals surface area contributed by atoms with Gasteiger partial charge in [0.15, 0.2) is 5.96 Å². The molecule has 1 aromatic carbocycles. The molecule has 0 unspecified atom stereocenters. The molecule has 1 aliphatic carbocycles. The SMILES string of the molecule is CN=C(NCCC(=O)NC1CCCC1)NCc1ccc(OC)cc1. The van der Waals surface area contributed by atoms with Crippen LogP contribution in [0, 0.1) is 0 Å². The van der Waals surface area contributed by atoms with Gasteiger partial charge in [0, 0.05) is 32.6 Å². The molecule has 0 saturated heterocycles. The highest BCUT2D eigenvalue weighted by Gasteiger charge is 2.16. The maximum absolute atomic E-state index is 11.9.